The van der Waals surface area contributed by atoms with E-state index in [0.29, 0.717) is 5.92 Å². The van der Waals surface area contributed by atoms with Gasteiger partial charge in [-0.1, -0.05) is 25.0 Å². The summed E-state index contributed by atoms with van der Waals surface area (Å²) in [6, 6.07) is 7.29. The minimum atomic E-state index is -0.697. The van der Waals surface area contributed by atoms with Gasteiger partial charge in [-0.15, -0.1) is 0 Å². The van der Waals surface area contributed by atoms with E-state index in [1.165, 1.54) is 6.42 Å². The standard InChI is InChI=1S/C18H26N2O3/c1-23-15-7-5-13(6-8-15)16(21)11-20-17(22)18-9-3-2-4-14(18)10-19-12-18/h5-8,14,16,19,21H,2-4,9-12H2,1H3,(H,20,22)/t14-,16?,18+/m0/s1. The number of carbonyl (C=O) groups excluding carboxylic acids is 1. The van der Waals surface area contributed by atoms with E-state index in [2.05, 4.69) is 10.6 Å². The van der Waals surface area contributed by atoms with Crippen molar-refractivity contribution in [1.82, 2.24) is 10.6 Å². The number of aliphatic hydroxyl groups excluding tert-OH is 1. The zero-order valence-corrected chi connectivity index (χ0v) is 13.7. The quantitative estimate of drug-likeness (QED) is 0.772. The fraction of sp³-hybridized carbons (Fsp3) is 0.611. The van der Waals surface area contributed by atoms with Gasteiger partial charge in [0.15, 0.2) is 0 Å². The van der Waals surface area contributed by atoms with E-state index in [4.69, 9.17) is 4.74 Å². The lowest BCUT2D eigenvalue weighted by atomic mass is 9.67. The SMILES string of the molecule is COc1ccc(C(O)CNC(=O)[C@@]23CCCC[C@H]2CNC3)cc1. The normalized spacial score (nSPS) is 28.0. The Morgan fingerprint density at radius 2 is 2.22 bits per heavy atom. The zero-order chi connectivity index (χ0) is 16.3. The Labute approximate surface area is 137 Å². The Bertz CT molecular complexity index is 546. The maximum atomic E-state index is 12.8. The molecule has 1 heterocycles. The number of ether oxygens (including phenoxy) is 1. The molecular weight excluding hydrogens is 292 g/mol. The number of benzene rings is 1. The highest BCUT2D eigenvalue weighted by molar-refractivity contribution is 5.84. The molecule has 23 heavy (non-hydrogen) atoms. The van der Waals surface area contributed by atoms with E-state index in [0.717, 1.165) is 43.7 Å². The Morgan fingerprint density at radius 3 is 2.96 bits per heavy atom. The van der Waals surface area contributed by atoms with Crippen LogP contribution in [0.25, 0.3) is 0 Å². The second-order valence-electron chi connectivity index (χ2n) is 6.73. The van der Waals surface area contributed by atoms with Crippen LogP contribution in [0.5, 0.6) is 5.75 Å². The van der Waals surface area contributed by atoms with E-state index in [1.807, 2.05) is 24.3 Å². The van der Waals surface area contributed by atoms with Crippen molar-refractivity contribution in [2.45, 2.75) is 31.8 Å². The summed E-state index contributed by atoms with van der Waals surface area (Å²) in [6.45, 7) is 1.95. The van der Waals surface area contributed by atoms with Crippen molar-refractivity contribution in [3.63, 3.8) is 0 Å². The van der Waals surface area contributed by atoms with Gasteiger partial charge in [0, 0.05) is 13.1 Å². The Balaban J connectivity index is 1.59. The van der Waals surface area contributed by atoms with Crippen LogP contribution in [0.1, 0.15) is 37.4 Å². The van der Waals surface area contributed by atoms with Crippen LogP contribution in [-0.4, -0.2) is 37.8 Å². The number of aliphatic hydroxyl groups is 1. The average molecular weight is 318 g/mol. The van der Waals surface area contributed by atoms with Crippen molar-refractivity contribution in [3.8, 4) is 5.75 Å². The number of carbonyl (C=O) groups is 1. The van der Waals surface area contributed by atoms with Gasteiger partial charge in [0.1, 0.15) is 5.75 Å². The minimum absolute atomic E-state index is 0.0970. The molecule has 1 aliphatic heterocycles. The number of hydrogen-bond donors (Lipinski definition) is 3. The summed E-state index contributed by atoms with van der Waals surface area (Å²) in [5.74, 6) is 1.29. The molecule has 1 unspecified atom stereocenters. The second kappa shape index (κ2) is 6.89. The average Bonchev–Trinajstić information content (AvgIpc) is 3.04. The summed E-state index contributed by atoms with van der Waals surface area (Å²) in [4.78, 5) is 12.8. The molecule has 3 atom stereocenters. The van der Waals surface area contributed by atoms with E-state index in [1.54, 1.807) is 7.11 Å². The molecule has 2 aliphatic rings. The van der Waals surface area contributed by atoms with E-state index < -0.39 is 6.10 Å². The predicted molar refractivity (Wildman–Crippen MR) is 88.2 cm³/mol. The van der Waals surface area contributed by atoms with Crippen molar-refractivity contribution in [2.75, 3.05) is 26.7 Å². The number of methoxy groups -OCH3 is 1. The highest BCUT2D eigenvalue weighted by Crippen LogP contribution is 2.43. The summed E-state index contributed by atoms with van der Waals surface area (Å²) in [6.07, 6.45) is 3.72. The largest absolute Gasteiger partial charge is 0.497 e. The van der Waals surface area contributed by atoms with Crippen molar-refractivity contribution < 1.29 is 14.6 Å². The number of fused-ring (bicyclic) bond motifs is 1. The maximum absolute atomic E-state index is 12.8. The lowest BCUT2D eigenvalue weighted by molar-refractivity contribution is -0.134. The van der Waals surface area contributed by atoms with Crippen molar-refractivity contribution in [1.29, 1.82) is 0 Å². The first-order chi connectivity index (χ1) is 11.2. The molecule has 5 nitrogen and oxygen atoms in total. The van der Waals surface area contributed by atoms with Crippen molar-refractivity contribution >= 4 is 5.91 Å². The first kappa shape index (κ1) is 16.3. The number of hydrogen-bond acceptors (Lipinski definition) is 4. The third-order valence-corrected chi connectivity index (χ3v) is 5.45. The van der Waals surface area contributed by atoms with Crippen LogP contribution in [0, 0.1) is 11.3 Å². The van der Waals surface area contributed by atoms with Crippen LogP contribution in [-0.2, 0) is 4.79 Å². The fourth-order valence-corrected chi connectivity index (χ4v) is 4.00. The second-order valence-corrected chi connectivity index (χ2v) is 6.73. The summed E-state index contributed by atoms with van der Waals surface area (Å²) in [7, 11) is 1.61. The minimum Gasteiger partial charge on any atom is -0.497 e. The van der Waals surface area contributed by atoms with Gasteiger partial charge < -0.3 is 20.5 Å². The molecule has 1 saturated heterocycles. The van der Waals surface area contributed by atoms with E-state index in [9.17, 15) is 9.90 Å². The molecule has 3 rings (SSSR count). The molecule has 0 aromatic heterocycles. The molecule has 126 valence electrons. The van der Waals surface area contributed by atoms with Crippen LogP contribution >= 0.6 is 0 Å². The summed E-state index contributed by atoms with van der Waals surface area (Å²) >= 11 is 0. The van der Waals surface area contributed by atoms with Gasteiger partial charge in [0.25, 0.3) is 0 Å². The van der Waals surface area contributed by atoms with Gasteiger partial charge in [0.2, 0.25) is 5.91 Å². The van der Waals surface area contributed by atoms with Crippen LogP contribution in [0.15, 0.2) is 24.3 Å². The smallest absolute Gasteiger partial charge is 0.227 e. The lowest BCUT2D eigenvalue weighted by Crippen LogP contribution is -2.48. The lowest BCUT2D eigenvalue weighted by Gasteiger charge is -2.37. The summed E-state index contributed by atoms with van der Waals surface area (Å²) < 4.78 is 5.11. The Morgan fingerprint density at radius 1 is 1.43 bits per heavy atom. The Hall–Kier alpha value is -1.59. The van der Waals surface area contributed by atoms with Crippen molar-refractivity contribution in [2.24, 2.45) is 11.3 Å². The van der Waals surface area contributed by atoms with Crippen LogP contribution in [0.2, 0.25) is 0 Å². The monoisotopic (exact) mass is 318 g/mol. The molecule has 5 heteroatoms. The molecule has 3 N–H and O–H groups in total. The number of amides is 1. The molecule has 2 fully saturated rings. The first-order valence-electron chi connectivity index (χ1n) is 8.47. The van der Waals surface area contributed by atoms with Crippen LogP contribution < -0.4 is 15.4 Å². The zero-order valence-electron chi connectivity index (χ0n) is 13.7. The summed E-state index contributed by atoms with van der Waals surface area (Å²) in [5.41, 5.74) is 0.520. The number of nitrogens with one attached hydrogen (secondary N) is 2. The third-order valence-electron chi connectivity index (χ3n) is 5.45. The molecule has 0 bridgehead atoms. The first-order valence-corrected chi connectivity index (χ1v) is 8.47. The molecular formula is C18H26N2O3. The van der Waals surface area contributed by atoms with Gasteiger partial charge in [0.05, 0.1) is 18.6 Å². The van der Waals surface area contributed by atoms with Gasteiger partial charge >= 0.3 is 0 Å². The Kier molecular flexibility index (Phi) is 4.87. The molecule has 1 aromatic carbocycles. The van der Waals surface area contributed by atoms with Gasteiger partial charge in [-0.05, 0) is 43.0 Å². The summed E-state index contributed by atoms with van der Waals surface area (Å²) in [5, 5.41) is 16.7. The topological polar surface area (TPSA) is 70.6 Å². The predicted octanol–water partition coefficient (Wildman–Crippen LogP) is 1.62. The van der Waals surface area contributed by atoms with Crippen LogP contribution in [0.4, 0.5) is 0 Å². The maximum Gasteiger partial charge on any atom is 0.227 e. The molecule has 0 radical (unpaired) electrons. The van der Waals surface area contributed by atoms with E-state index >= 15 is 0 Å². The van der Waals surface area contributed by atoms with Crippen LogP contribution in [0.3, 0.4) is 0 Å². The highest BCUT2D eigenvalue weighted by Gasteiger charge is 2.49. The van der Waals surface area contributed by atoms with Gasteiger partial charge in [-0.2, -0.15) is 0 Å². The molecule has 1 amide bonds. The molecule has 1 aliphatic carbocycles. The molecule has 0 spiro atoms. The van der Waals surface area contributed by atoms with Gasteiger partial charge in [-0.3, -0.25) is 4.79 Å². The molecule has 1 saturated carbocycles. The number of rotatable bonds is 5. The third kappa shape index (κ3) is 3.21. The highest BCUT2D eigenvalue weighted by atomic mass is 16.5. The van der Waals surface area contributed by atoms with Gasteiger partial charge in [-0.25, -0.2) is 0 Å². The molecule has 1 aromatic rings. The van der Waals surface area contributed by atoms with Crippen molar-refractivity contribution in [3.05, 3.63) is 29.8 Å². The fourth-order valence-electron chi connectivity index (χ4n) is 4.00. The van der Waals surface area contributed by atoms with E-state index in [-0.39, 0.29) is 17.9 Å².